The van der Waals surface area contributed by atoms with Crippen molar-refractivity contribution in [3.05, 3.63) is 22.5 Å². The average molecular weight is 284 g/mol. The maximum atomic E-state index is 12.3. The van der Waals surface area contributed by atoms with Gasteiger partial charge in [0.15, 0.2) is 6.54 Å². The molecule has 0 saturated carbocycles. The van der Waals surface area contributed by atoms with Gasteiger partial charge in [-0.25, -0.2) is 4.57 Å². The summed E-state index contributed by atoms with van der Waals surface area (Å²) in [5.74, 6) is -0.151. The first-order valence-corrected chi connectivity index (χ1v) is 6.61. The largest absolute Gasteiger partial charge is 0.435 e. The number of halogens is 1. The van der Waals surface area contributed by atoms with Crippen LogP contribution in [0, 0.1) is 16.0 Å². The Morgan fingerprint density at radius 2 is 2.20 bits per heavy atom. The van der Waals surface area contributed by atoms with Crippen molar-refractivity contribution < 1.29 is 14.1 Å². The van der Waals surface area contributed by atoms with Gasteiger partial charge in [0.1, 0.15) is 12.4 Å². The Kier molecular flexibility index (Phi) is 4.65. The zero-order chi connectivity index (χ0) is 14.5. The van der Waals surface area contributed by atoms with Gasteiger partial charge in [0.25, 0.3) is 5.91 Å². The second-order valence-corrected chi connectivity index (χ2v) is 4.91. The van der Waals surface area contributed by atoms with Crippen LogP contribution in [0.5, 0.6) is 0 Å². The normalized spacial score (nSPS) is 16.4. The van der Waals surface area contributed by atoms with E-state index < -0.39 is 4.92 Å². The fourth-order valence-corrected chi connectivity index (χ4v) is 2.47. The van der Waals surface area contributed by atoms with Crippen molar-refractivity contribution in [3.8, 4) is 0 Å². The van der Waals surface area contributed by atoms with E-state index in [1.165, 1.54) is 17.0 Å². The zero-order valence-corrected chi connectivity index (χ0v) is 11.1. The van der Waals surface area contributed by atoms with Gasteiger partial charge in [-0.3, -0.25) is 9.18 Å². The van der Waals surface area contributed by atoms with E-state index in [1.807, 2.05) is 0 Å². The van der Waals surface area contributed by atoms with Gasteiger partial charge in [0, 0.05) is 13.1 Å². The van der Waals surface area contributed by atoms with Crippen LogP contribution in [0.3, 0.4) is 0 Å². The molecule has 0 aromatic carbocycles. The minimum absolute atomic E-state index is 0.0793. The van der Waals surface area contributed by atoms with Crippen molar-refractivity contribution in [1.29, 1.82) is 0 Å². The molecular formula is C12H17FN4O3. The first-order valence-electron chi connectivity index (χ1n) is 6.61. The molecule has 0 unspecified atom stereocenters. The minimum Gasteiger partial charge on any atom is -0.390 e. The van der Waals surface area contributed by atoms with E-state index >= 15 is 0 Å². The Bertz CT molecular complexity index is 483. The molecule has 110 valence electrons. The molecule has 1 aromatic heterocycles. The van der Waals surface area contributed by atoms with Crippen LogP contribution in [-0.2, 0) is 11.3 Å². The molecule has 0 radical (unpaired) electrons. The topological polar surface area (TPSA) is 81.3 Å². The van der Waals surface area contributed by atoms with E-state index in [0.29, 0.717) is 25.4 Å². The number of nitrogens with zero attached hydrogens (tertiary/aromatic N) is 4. The van der Waals surface area contributed by atoms with Crippen LogP contribution in [0.4, 0.5) is 10.3 Å². The van der Waals surface area contributed by atoms with Gasteiger partial charge < -0.3 is 15.0 Å². The second-order valence-electron chi connectivity index (χ2n) is 4.91. The molecule has 0 bridgehead atoms. The summed E-state index contributed by atoms with van der Waals surface area (Å²) < 4.78 is 13.5. The third-order valence-electron chi connectivity index (χ3n) is 3.65. The number of alkyl halides is 1. The predicted octanol–water partition coefficient (Wildman–Crippen LogP) is 1.39. The van der Waals surface area contributed by atoms with Crippen molar-refractivity contribution in [3.63, 3.8) is 0 Å². The third-order valence-corrected chi connectivity index (χ3v) is 3.65. The quantitative estimate of drug-likeness (QED) is 0.604. The molecule has 0 spiro atoms. The Morgan fingerprint density at radius 3 is 2.80 bits per heavy atom. The van der Waals surface area contributed by atoms with Gasteiger partial charge >= 0.3 is 5.95 Å². The summed E-state index contributed by atoms with van der Waals surface area (Å²) in [7, 11) is 0. The van der Waals surface area contributed by atoms with Crippen LogP contribution in [-0.4, -0.2) is 45.0 Å². The standard InChI is InChI=1S/C12H17FN4O3/c13-4-1-10-2-6-15(7-3-10)11(18)9-16-8-5-14-12(16)17(19)20/h5,8,10H,1-4,6-7,9H2. The van der Waals surface area contributed by atoms with Gasteiger partial charge in [0.2, 0.25) is 0 Å². The van der Waals surface area contributed by atoms with Crippen molar-refractivity contribution in [2.45, 2.75) is 25.8 Å². The number of aromatic nitrogens is 2. The summed E-state index contributed by atoms with van der Waals surface area (Å²) in [5, 5.41) is 10.7. The highest BCUT2D eigenvalue weighted by molar-refractivity contribution is 5.76. The van der Waals surface area contributed by atoms with E-state index in [9.17, 15) is 19.3 Å². The van der Waals surface area contributed by atoms with E-state index in [-0.39, 0.29) is 25.1 Å². The summed E-state index contributed by atoms with van der Waals surface area (Å²) in [6.07, 6.45) is 4.86. The number of amides is 1. The lowest BCUT2D eigenvalue weighted by Gasteiger charge is -2.31. The number of rotatable bonds is 5. The lowest BCUT2D eigenvalue weighted by Crippen LogP contribution is -2.40. The molecule has 0 atom stereocenters. The van der Waals surface area contributed by atoms with Crippen LogP contribution >= 0.6 is 0 Å². The number of hydrogen-bond acceptors (Lipinski definition) is 4. The van der Waals surface area contributed by atoms with Crippen LogP contribution in [0.25, 0.3) is 0 Å². The molecule has 0 aliphatic carbocycles. The maximum Gasteiger partial charge on any atom is 0.435 e. The SMILES string of the molecule is O=C(Cn1ccnc1[N+](=O)[O-])N1CCC(CCF)CC1. The van der Waals surface area contributed by atoms with E-state index in [2.05, 4.69) is 4.98 Å². The van der Waals surface area contributed by atoms with Crippen molar-refractivity contribution in [2.24, 2.45) is 5.92 Å². The molecule has 2 heterocycles. The highest BCUT2D eigenvalue weighted by Crippen LogP contribution is 2.21. The number of imidazole rings is 1. The molecule has 20 heavy (non-hydrogen) atoms. The molecule has 1 aliphatic rings. The smallest absolute Gasteiger partial charge is 0.390 e. The maximum absolute atomic E-state index is 12.3. The number of piperidine rings is 1. The molecule has 1 saturated heterocycles. The Balaban J connectivity index is 1.90. The molecule has 1 aromatic rings. The van der Waals surface area contributed by atoms with Gasteiger partial charge in [0.05, 0.1) is 6.67 Å². The van der Waals surface area contributed by atoms with E-state index in [1.54, 1.807) is 4.90 Å². The number of hydrogen-bond donors (Lipinski definition) is 0. The first kappa shape index (κ1) is 14.4. The molecule has 1 amide bonds. The van der Waals surface area contributed by atoms with Gasteiger partial charge in [-0.2, -0.15) is 0 Å². The van der Waals surface area contributed by atoms with Crippen LogP contribution in [0.1, 0.15) is 19.3 Å². The lowest BCUT2D eigenvalue weighted by atomic mass is 9.94. The summed E-state index contributed by atoms with van der Waals surface area (Å²) in [4.78, 5) is 27.5. The monoisotopic (exact) mass is 284 g/mol. The Labute approximate surface area is 115 Å². The number of carbonyl (C=O) groups is 1. The van der Waals surface area contributed by atoms with E-state index in [0.717, 1.165) is 12.8 Å². The fourth-order valence-electron chi connectivity index (χ4n) is 2.47. The second kappa shape index (κ2) is 6.44. The average Bonchev–Trinajstić information content (AvgIpc) is 2.88. The predicted molar refractivity (Wildman–Crippen MR) is 68.8 cm³/mol. The minimum atomic E-state index is -0.610. The van der Waals surface area contributed by atoms with Crippen molar-refractivity contribution >= 4 is 11.9 Å². The van der Waals surface area contributed by atoms with Crippen molar-refractivity contribution in [2.75, 3.05) is 19.8 Å². The molecular weight excluding hydrogens is 267 g/mol. The van der Waals surface area contributed by atoms with E-state index in [4.69, 9.17) is 0 Å². The lowest BCUT2D eigenvalue weighted by molar-refractivity contribution is -0.396. The molecule has 1 aliphatic heterocycles. The van der Waals surface area contributed by atoms with Gasteiger partial charge in [-0.1, -0.05) is 4.98 Å². The molecule has 1 fully saturated rings. The zero-order valence-electron chi connectivity index (χ0n) is 11.1. The highest BCUT2D eigenvalue weighted by Gasteiger charge is 2.25. The van der Waals surface area contributed by atoms with Gasteiger partial charge in [-0.15, -0.1) is 0 Å². The molecule has 7 nitrogen and oxygen atoms in total. The molecule has 2 rings (SSSR count). The fraction of sp³-hybridized carbons (Fsp3) is 0.667. The number of likely N-dealkylation sites (tertiary alicyclic amines) is 1. The van der Waals surface area contributed by atoms with Crippen LogP contribution in [0.15, 0.2) is 12.4 Å². The van der Waals surface area contributed by atoms with Gasteiger partial charge in [-0.05, 0) is 30.1 Å². The van der Waals surface area contributed by atoms with Crippen LogP contribution in [0.2, 0.25) is 0 Å². The van der Waals surface area contributed by atoms with Crippen LogP contribution < -0.4 is 0 Å². The molecule has 0 N–H and O–H groups in total. The third kappa shape index (κ3) is 3.31. The summed E-state index contributed by atoms with van der Waals surface area (Å²) in [5.41, 5.74) is 0. The Hall–Kier alpha value is -1.99. The number of carbonyl (C=O) groups excluding carboxylic acids is 1. The van der Waals surface area contributed by atoms with Crippen molar-refractivity contribution in [1.82, 2.24) is 14.5 Å². The molecule has 8 heteroatoms. The number of nitro groups is 1. The summed E-state index contributed by atoms with van der Waals surface area (Å²) in [6, 6.07) is 0. The summed E-state index contributed by atoms with van der Waals surface area (Å²) >= 11 is 0. The summed E-state index contributed by atoms with van der Waals surface area (Å²) in [6.45, 7) is 0.780. The first-order chi connectivity index (χ1) is 9.61. The Morgan fingerprint density at radius 1 is 1.50 bits per heavy atom. The highest BCUT2D eigenvalue weighted by atomic mass is 19.1.